The van der Waals surface area contributed by atoms with Crippen LogP contribution in [0.2, 0.25) is 0 Å². The first-order chi connectivity index (χ1) is 10.1. The Morgan fingerprint density at radius 2 is 1.67 bits per heavy atom. The number of amides is 2. The lowest BCUT2D eigenvalue weighted by molar-refractivity contribution is 0.212. The summed E-state index contributed by atoms with van der Waals surface area (Å²) in [5, 5.41) is 2.93. The van der Waals surface area contributed by atoms with E-state index in [1.165, 1.54) is 11.1 Å². The molecule has 4 heteroatoms. The van der Waals surface area contributed by atoms with Gasteiger partial charge in [-0.2, -0.15) is 0 Å². The average molecular weight is 281 g/mol. The van der Waals surface area contributed by atoms with Gasteiger partial charge in [0.2, 0.25) is 0 Å². The van der Waals surface area contributed by atoms with E-state index in [2.05, 4.69) is 17.4 Å². The Hall–Kier alpha value is -2.33. The average Bonchev–Trinajstić information content (AvgIpc) is 2.92. The van der Waals surface area contributed by atoms with Crippen molar-refractivity contribution >= 4 is 11.7 Å². The van der Waals surface area contributed by atoms with Gasteiger partial charge in [-0.15, -0.1) is 0 Å². The Bertz CT molecular complexity index is 624. The van der Waals surface area contributed by atoms with Gasteiger partial charge in [0, 0.05) is 24.8 Å². The lowest BCUT2D eigenvalue weighted by atomic mass is 10.1. The van der Waals surface area contributed by atoms with E-state index in [9.17, 15) is 4.79 Å². The summed E-state index contributed by atoms with van der Waals surface area (Å²) in [6.45, 7) is 3.27. The Morgan fingerprint density at radius 3 is 2.19 bits per heavy atom. The maximum Gasteiger partial charge on any atom is 0.322 e. The minimum absolute atomic E-state index is 0.00262. The highest BCUT2D eigenvalue weighted by Gasteiger charge is 2.22. The molecule has 1 unspecified atom stereocenters. The van der Waals surface area contributed by atoms with Crippen LogP contribution in [0, 0.1) is 0 Å². The molecule has 21 heavy (non-hydrogen) atoms. The van der Waals surface area contributed by atoms with E-state index in [0.29, 0.717) is 13.1 Å². The van der Waals surface area contributed by atoms with Crippen LogP contribution in [-0.2, 0) is 13.1 Å². The SMILES string of the molecule is CC(N)c1ccc(NC(=O)N2Cc3ccccc3C2)cc1. The molecule has 0 radical (unpaired) electrons. The molecule has 1 heterocycles. The van der Waals surface area contributed by atoms with E-state index in [0.717, 1.165) is 11.3 Å². The molecule has 0 spiro atoms. The van der Waals surface area contributed by atoms with Gasteiger partial charge in [-0.25, -0.2) is 4.79 Å². The van der Waals surface area contributed by atoms with E-state index in [1.807, 2.05) is 48.2 Å². The van der Waals surface area contributed by atoms with E-state index >= 15 is 0 Å². The zero-order valence-electron chi connectivity index (χ0n) is 12.0. The largest absolute Gasteiger partial charge is 0.324 e. The molecule has 1 aliphatic rings. The smallest absolute Gasteiger partial charge is 0.322 e. The number of benzene rings is 2. The van der Waals surface area contributed by atoms with Gasteiger partial charge in [0.25, 0.3) is 0 Å². The molecule has 1 atom stereocenters. The fourth-order valence-corrected chi connectivity index (χ4v) is 2.55. The number of anilines is 1. The number of hydrogen-bond acceptors (Lipinski definition) is 2. The molecule has 1 aliphatic heterocycles. The zero-order valence-corrected chi connectivity index (χ0v) is 12.0. The molecule has 0 aromatic heterocycles. The minimum atomic E-state index is -0.0697. The van der Waals surface area contributed by atoms with Crippen LogP contribution >= 0.6 is 0 Å². The van der Waals surface area contributed by atoms with Crippen molar-refractivity contribution in [3.8, 4) is 0 Å². The van der Waals surface area contributed by atoms with Gasteiger partial charge in [-0.05, 0) is 35.7 Å². The minimum Gasteiger partial charge on any atom is -0.324 e. The number of nitrogens with zero attached hydrogens (tertiary/aromatic N) is 1. The van der Waals surface area contributed by atoms with Gasteiger partial charge in [0.15, 0.2) is 0 Å². The second kappa shape index (κ2) is 5.58. The third kappa shape index (κ3) is 2.90. The Kier molecular flexibility index (Phi) is 3.62. The van der Waals surface area contributed by atoms with Crippen LogP contribution < -0.4 is 11.1 Å². The summed E-state index contributed by atoms with van der Waals surface area (Å²) in [4.78, 5) is 14.1. The first-order valence-electron chi connectivity index (χ1n) is 7.12. The quantitative estimate of drug-likeness (QED) is 0.887. The normalized spacial score (nSPS) is 14.7. The van der Waals surface area contributed by atoms with Gasteiger partial charge in [-0.3, -0.25) is 0 Å². The predicted molar refractivity (Wildman–Crippen MR) is 83.8 cm³/mol. The highest BCUT2D eigenvalue weighted by Crippen LogP contribution is 2.23. The maximum atomic E-state index is 12.3. The number of fused-ring (bicyclic) bond motifs is 1. The lowest BCUT2D eigenvalue weighted by Crippen LogP contribution is -2.30. The molecule has 0 saturated carbocycles. The summed E-state index contributed by atoms with van der Waals surface area (Å²) in [5.74, 6) is 0. The van der Waals surface area contributed by atoms with Crippen molar-refractivity contribution in [1.82, 2.24) is 4.90 Å². The second-order valence-electron chi connectivity index (χ2n) is 5.47. The van der Waals surface area contributed by atoms with Gasteiger partial charge in [-0.1, -0.05) is 36.4 Å². The molecule has 108 valence electrons. The van der Waals surface area contributed by atoms with E-state index in [4.69, 9.17) is 5.73 Å². The summed E-state index contributed by atoms with van der Waals surface area (Å²) in [6.07, 6.45) is 0. The molecule has 2 amide bonds. The molecule has 2 aromatic rings. The van der Waals surface area contributed by atoms with Crippen LogP contribution in [-0.4, -0.2) is 10.9 Å². The molecular weight excluding hydrogens is 262 g/mol. The van der Waals surface area contributed by atoms with Crippen LogP contribution in [0.25, 0.3) is 0 Å². The van der Waals surface area contributed by atoms with Gasteiger partial charge in [0.05, 0.1) is 0 Å². The molecule has 0 aliphatic carbocycles. The van der Waals surface area contributed by atoms with Crippen LogP contribution in [0.5, 0.6) is 0 Å². The first kappa shape index (κ1) is 13.6. The second-order valence-corrected chi connectivity index (χ2v) is 5.47. The Labute approximate surface area is 124 Å². The van der Waals surface area contributed by atoms with E-state index in [1.54, 1.807) is 0 Å². The molecule has 3 N–H and O–H groups in total. The summed E-state index contributed by atoms with van der Waals surface area (Å²) < 4.78 is 0. The van der Waals surface area contributed by atoms with Crippen LogP contribution in [0.1, 0.15) is 29.7 Å². The van der Waals surface area contributed by atoms with Crippen molar-refractivity contribution in [1.29, 1.82) is 0 Å². The molecule has 0 saturated heterocycles. The summed E-state index contributed by atoms with van der Waals surface area (Å²) in [6, 6.07) is 15.8. The van der Waals surface area contributed by atoms with Crippen molar-refractivity contribution in [2.24, 2.45) is 5.73 Å². The van der Waals surface area contributed by atoms with Gasteiger partial charge >= 0.3 is 6.03 Å². The molecule has 2 aromatic carbocycles. The lowest BCUT2D eigenvalue weighted by Gasteiger charge is -2.16. The number of carbonyl (C=O) groups excluding carboxylic acids is 1. The van der Waals surface area contributed by atoms with Crippen LogP contribution in [0.15, 0.2) is 48.5 Å². The number of nitrogens with two attached hydrogens (primary N) is 1. The Morgan fingerprint density at radius 1 is 1.10 bits per heavy atom. The Balaban J connectivity index is 1.65. The van der Waals surface area contributed by atoms with Crippen molar-refractivity contribution in [2.75, 3.05) is 5.32 Å². The van der Waals surface area contributed by atoms with Crippen LogP contribution in [0.4, 0.5) is 10.5 Å². The number of hydrogen-bond donors (Lipinski definition) is 2. The topological polar surface area (TPSA) is 58.4 Å². The number of urea groups is 1. The third-order valence-electron chi connectivity index (χ3n) is 3.82. The summed E-state index contributed by atoms with van der Waals surface area (Å²) in [7, 11) is 0. The van der Waals surface area contributed by atoms with E-state index in [-0.39, 0.29) is 12.1 Å². The zero-order chi connectivity index (χ0) is 14.8. The monoisotopic (exact) mass is 281 g/mol. The highest BCUT2D eigenvalue weighted by molar-refractivity contribution is 5.89. The molecule has 0 fully saturated rings. The first-order valence-corrected chi connectivity index (χ1v) is 7.12. The fourth-order valence-electron chi connectivity index (χ4n) is 2.55. The summed E-state index contributed by atoms with van der Waals surface area (Å²) >= 11 is 0. The third-order valence-corrected chi connectivity index (χ3v) is 3.82. The maximum absolute atomic E-state index is 12.3. The fraction of sp³-hybridized carbons (Fsp3) is 0.235. The number of nitrogens with one attached hydrogen (secondary N) is 1. The number of carbonyl (C=O) groups is 1. The van der Waals surface area contributed by atoms with E-state index < -0.39 is 0 Å². The van der Waals surface area contributed by atoms with Crippen LogP contribution in [0.3, 0.4) is 0 Å². The standard InChI is InChI=1S/C17H19N3O/c1-12(18)13-6-8-16(9-7-13)19-17(21)20-10-14-4-2-3-5-15(14)11-20/h2-9,12H,10-11,18H2,1H3,(H,19,21). The molecular formula is C17H19N3O. The van der Waals surface area contributed by atoms with Crippen molar-refractivity contribution in [3.63, 3.8) is 0 Å². The molecule has 0 bridgehead atoms. The van der Waals surface area contributed by atoms with Crippen molar-refractivity contribution in [2.45, 2.75) is 26.1 Å². The molecule has 4 nitrogen and oxygen atoms in total. The highest BCUT2D eigenvalue weighted by atomic mass is 16.2. The summed E-state index contributed by atoms with van der Waals surface area (Å²) in [5.41, 5.74) is 10.1. The number of rotatable bonds is 2. The van der Waals surface area contributed by atoms with Crippen molar-refractivity contribution < 1.29 is 4.79 Å². The van der Waals surface area contributed by atoms with Crippen molar-refractivity contribution in [3.05, 3.63) is 65.2 Å². The molecule has 3 rings (SSSR count). The predicted octanol–water partition coefficient (Wildman–Crippen LogP) is 3.25. The van der Waals surface area contributed by atoms with Gasteiger partial charge < -0.3 is 16.0 Å². The van der Waals surface area contributed by atoms with Gasteiger partial charge in [0.1, 0.15) is 0 Å².